The van der Waals surface area contributed by atoms with Gasteiger partial charge in [0, 0.05) is 11.4 Å². The zero-order valence-electron chi connectivity index (χ0n) is 8.18. The van der Waals surface area contributed by atoms with Gasteiger partial charge in [-0.1, -0.05) is 6.08 Å². The maximum Gasteiger partial charge on any atom is 0.0654 e. The number of aryl methyl sites for hydroxylation is 2. The van der Waals surface area contributed by atoms with Gasteiger partial charge in [0.05, 0.1) is 13.2 Å². The third kappa shape index (κ3) is 1.68. The van der Waals surface area contributed by atoms with Crippen LogP contribution in [0.15, 0.2) is 12.1 Å². The van der Waals surface area contributed by atoms with Gasteiger partial charge in [0.15, 0.2) is 0 Å². The van der Waals surface area contributed by atoms with Gasteiger partial charge in [-0.2, -0.15) is 0 Å². The molecule has 0 saturated heterocycles. The quantitative estimate of drug-likeness (QED) is 0.700. The molecule has 0 bridgehead atoms. The van der Waals surface area contributed by atoms with E-state index in [1.54, 1.807) is 0 Å². The molecule has 70 valence electrons. The number of hydrogen-bond donors (Lipinski definition) is 1. The van der Waals surface area contributed by atoms with Crippen molar-refractivity contribution in [2.24, 2.45) is 0 Å². The van der Waals surface area contributed by atoms with Crippen molar-refractivity contribution in [1.29, 1.82) is 0 Å². The van der Waals surface area contributed by atoms with Gasteiger partial charge >= 0.3 is 0 Å². The van der Waals surface area contributed by atoms with Crippen LogP contribution in [0.1, 0.15) is 23.4 Å². The number of hydrogen-bond acceptors (Lipinski definition) is 1. The number of nitrogens with one attached hydrogen (secondary N) is 1. The molecule has 1 aliphatic heterocycles. The topological polar surface area (TPSA) is 25.0 Å². The van der Waals surface area contributed by atoms with Gasteiger partial charge in [-0.3, -0.25) is 0 Å². The first-order valence-corrected chi connectivity index (χ1v) is 4.71. The molecule has 0 aromatic carbocycles. The monoisotopic (exact) mass is 177 g/mol. The van der Waals surface area contributed by atoms with Crippen LogP contribution in [-0.2, 0) is 4.74 Å². The van der Waals surface area contributed by atoms with E-state index in [-0.39, 0.29) is 0 Å². The van der Waals surface area contributed by atoms with Gasteiger partial charge in [-0.25, -0.2) is 0 Å². The SMILES string of the molecule is Cc1cc(C2=CCOCC2)[nH]c1C. The van der Waals surface area contributed by atoms with Crippen molar-refractivity contribution in [3.05, 3.63) is 29.1 Å². The van der Waals surface area contributed by atoms with E-state index in [0.717, 1.165) is 19.6 Å². The second-order valence-electron chi connectivity index (χ2n) is 3.55. The number of H-pyrrole nitrogens is 1. The average Bonchev–Trinajstić information content (AvgIpc) is 2.49. The first-order chi connectivity index (χ1) is 6.27. The molecule has 0 spiro atoms. The maximum atomic E-state index is 5.27. The lowest BCUT2D eigenvalue weighted by Gasteiger charge is -2.11. The Labute approximate surface area is 78.6 Å². The van der Waals surface area contributed by atoms with Gasteiger partial charge < -0.3 is 9.72 Å². The van der Waals surface area contributed by atoms with E-state index in [9.17, 15) is 0 Å². The van der Waals surface area contributed by atoms with Crippen LogP contribution in [0.2, 0.25) is 0 Å². The molecule has 0 unspecified atom stereocenters. The van der Waals surface area contributed by atoms with E-state index in [4.69, 9.17) is 4.74 Å². The fourth-order valence-corrected chi connectivity index (χ4v) is 1.61. The molecule has 0 saturated carbocycles. The van der Waals surface area contributed by atoms with Gasteiger partial charge in [-0.15, -0.1) is 0 Å². The second-order valence-corrected chi connectivity index (χ2v) is 3.55. The molecule has 2 nitrogen and oxygen atoms in total. The normalized spacial score (nSPS) is 17.2. The molecule has 1 aromatic heterocycles. The Morgan fingerprint density at radius 2 is 2.23 bits per heavy atom. The first-order valence-electron chi connectivity index (χ1n) is 4.71. The minimum Gasteiger partial charge on any atom is -0.377 e. The molecule has 2 heteroatoms. The molecule has 13 heavy (non-hydrogen) atoms. The first kappa shape index (κ1) is 8.57. The summed E-state index contributed by atoms with van der Waals surface area (Å²) in [6.07, 6.45) is 3.19. The zero-order valence-corrected chi connectivity index (χ0v) is 8.18. The molecule has 0 amide bonds. The number of aromatic nitrogens is 1. The highest BCUT2D eigenvalue weighted by Gasteiger charge is 2.08. The Morgan fingerprint density at radius 3 is 2.77 bits per heavy atom. The van der Waals surface area contributed by atoms with Crippen LogP contribution < -0.4 is 0 Å². The van der Waals surface area contributed by atoms with Gasteiger partial charge in [0.25, 0.3) is 0 Å². The summed E-state index contributed by atoms with van der Waals surface area (Å²) < 4.78 is 5.27. The minimum absolute atomic E-state index is 0.756. The predicted octanol–water partition coefficient (Wildman–Crippen LogP) is 2.44. The van der Waals surface area contributed by atoms with Crippen molar-refractivity contribution >= 4 is 5.57 Å². The van der Waals surface area contributed by atoms with Crippen LogP contribution in [0.3, 0.4) is 0 Å². The van der Waals surface area contributed by atoms with Crippen molar-refractivity contribution in [3.8, 4) is 0 Å². The lowest BCUT2D eigenvalue weighted by atomic mass is 10.1. The van der Waals surface area contributed by atoms with E-state index in [0.29, 0.717) is 0 Å². The second kappa shape index (κ2) is 3.38. The Morgan fingerprint density at radius 1 is 1.38 bits per heavy atom. The Balaban J connectivity index is 2.29. The van der Waals surface area contributed by atoms with Crippen LogP contribution in [0.4, 0.5) is 0 Å². The molecule has 0 radical (unpaired) electrons. The van der Waals surface area contributed by atoms with Gasteiger partial charge in [-0.05, 0) is 37.5 Å². The zero-order chi connectivity index (χ0) is 9.26. The highest BCUT2D eigenvalue weighted by molar-refractivity contribution is 5.64. The van der Waals surface area contributed by atoms with Crippen molar-refractivity contribution in [2.45, 2.75) is 20.3 Å². The molecule has 1 N–H and O–H groups in total. The maximum absolute atomic E-state index is 5.27. The van der Waals surface area contributed by atoms with E-state index >= 15 is 0 Å². The summed E-state index contributed by atoms with van der Waals surface area (Å²) in [4.78, 5) is 3.39. The highest BCUT2D eigenvalue weighted by Crippen LogP contribution is 2.22. The summed E-state index contributed by atoms with van der Waals surface area (Å²) in [5.74, 6) is 0. The highest BCUT2D eigenvalue weighted by atomic mass is 16.5. The van der Waals surface area contributed by atoms with Crippen LogP contribution in [-0.4, -0.2) is 18.2 Å². The lowest BCUT2D eigenvalue weighted by Crippen LogP contribution is -2.03. The molecule has 1 aliphatic rings. The molecular weight excluding hydrogens is 162 g/mol. The Bertz CT molecular complexity index is 316. The van der Waals surface area contributed by atoms with Crippen molar-refractivity contribution in [1.82, 2.24) is 4.98 Å². The van der Waals surface area contributed by atoms with E-state index in [1.807, 2.05) is 0 Å². The lowest BCUT2D eigenvalue weighted by molar-refractivity contribution is 0.161. The number of aromatic amines is 1. The van der Waals surface area contributed by atoms with Crippen molar-refractivity contribution in [3.63, 3.8) is 0 Å². The van der Waals surface area contributed by atoms with Crippen LogP contribution in [0, 0.1) is 13.8 Å². The average molecular weight is 177 g/mol. The fraction of sp³-hybridized carbons (Fsp3) is 0.455. The molecule has 2 heterocycles. The fourth-order valence-electron chi connectivity index (χ4n) is 1.61. The largest absolute Gasteiger partial charge is 0.377 e. The minimum atomic E-state index is 0.756. The van der Waals surface area contributed by atoms with E-state index in [2.05, 4.69) is 31.0 Å². The predicted molar refractivity (Wildman–Crippen MR) is 53.7 cm³/mol. The van der Waals surface area contributed by atoms with Crippen LogP contribution in [0.25, 0.3) is 5.57 Å². The van der Waals surface area contributed by atoms with E-state index < -0.39 is 0 Å². The van der Waals surface area contributed by atoms with Crippen molar-refractivity contribution in [2.75, 3.05) is 13.2 Å². The summed E-state index contributed by atoms with van der Waals surface area (Å²) in [5.41, 5.74) is 5.26. The van der Waals surface area contributed by atoms with Crippen molar-refractivity contribution < 1.29 is 4.74 Å². The van der Waals surface area contributed by atoms with Crippen LogP contribution in [0.5, 0.6) is 0 Å². The van der Waals surface area contributed by atoms with Crippen LogP contribution >= 0.6 is 0 Å². The molecule has 1 aromatic rings. The third-order valence-electron chi connectivity index (χ3n) is 2.58. The summed E-state index contributed by atoms with van der Waals surface area (Å²) >= 11 is 0. The molecular formula is C11H15NO. The molecule has 0 atom stereocenters. The van der Waals surface area contributed by atoms with E-state index in [1.165, 1.54) is 22.5 Å². The summed E-state index contributed by atoms with van der Waals surface area (Å²) in [6, 6.07) is 2.21. The Hall–Kier alpha value is -1.02. The van der Waals surface area contributed by atoms with Gasteiger partial charge in [0.2, 0.25) is 0 Å². The standard InChI is InChI=1S/C11H15NO/c1-8-7-11(12-9(8)2)10-3-5-13-6-4-10/h3,7,12H,4-6H2,1-2H3. The summed E-state index contributed by atoms with van der Waals surface area (Å²) in [7, 11) is 0. The smallest absolute Gasteiger partial charge is 0.0654 e. The number of rotatable bonds is 1. The summed E-state index contributed by atoms with van der Waals surface area (Å²) in [5, 5.41) is 0. The summed E-state index contributed by atoms with van der Waals surface area (Å²) in [6.45, 7) is 5.85. The molecule has 0 fully saturated rings. The molecule has 2 rings (SSSR count). The number of ether oxygens (including phenoxy) is 1. The molecule has 0 aliphatic carbocycles. The Kier molecular flexibility index (Phi) is 2.23. The third-order valence-corrected chi connectivity index (χ3v) is 2.58. The van der Waals surface area contributed by atoms with Gasteiger partial charge in [0.1, 0.15) is 0 Å².